The van der Waals surface area contributed by atoms with E-state index in [0.717, 1.165) is 30.7 Å². The molecule has 80 valence electrons. The number of rotatable bonds is 1. The third kappa shape index (κ3) is 1.53. The van der Waals surface area contributed by atoms with Crippen LogP contribution in [0.4, 0.5) is 5.69 Å². The molecule has 2 N–H and O–H groups in total. The topological polar surface area (TPSA) is 29.3 Å². The lowest BCUT2D eigenvalue weighted by atomic mass is 9.81. The number of benzene rings is 1. The molecule has 3 rings (SSSR count). The van der Waals surface area contributed by atoms with Gasteiger partial charge in [0.15, 0.2) is 0 Å². The lowest BCUT2D eigenvalue weighted by molar-refractivity contribution is 0.0842. The number of anilines is 1. The van der Waals surface area contributed by atoms with Crippen LogP contribution in [0.1, 0.15) is 30.9 Å². The molecule has 0 saturated heterocycles. The highest BCUT2D eigenvalue weighted by Gasteiger charge is 2.33. The molecular formula is C13H18N2. The Kier molecular flexibility index (Phi) is 1.99. The van der Waals surface area contributed by atoms with Gasteiger partial charge in [0.1, 0.15) is 0 Å². The predicted molar refractivity (Wildman–Crippen MR) is 62.3 cm³/mol. The van der Waals surface area contributed by atoms with Crippen LogP contribution in [-0.4, -0.2) is 10.9 Å². The Bertz CT molecular complexity index is 380. The molecule has 1 fully saturated rings. The van der Waals surface area contributed by atoms with Crippen molar-refractivity contribution in [1.82, 2.24) is 4.90 Å². The van der Waals surface area contributed by atoms with Crippen LogP contribution in [0.5, 0.6) is 0 Å². The standard InChI is InChI=1S/C13H18N2/c1-9-4-13(5-9)15-7-10-2-3-12(14)6-11(10)8-15/h2-3,6,9,13H,4-5,7-8,14H2,1H3. The molecule has 0 atom stereocenters. The maximum Gasteiger partial charge on any atom is 0.0317 e. The van der Waals surface area contributed by atoms with Crippen molar-refractivity contribution in [3.05, 3.63) is 29.3 Å². The molecule has 1 aliphatic carbocycles. The molecule has 0 spiro atoms. The normalized spacial score (nSPS) is 29.9. The van der Waals surface area contributed by atoms with Gasteiger partial charge in [0.2, 0.25) is 0 Å². The lowest BCUT2D eigenvalue weighted by Gasteiger charge is -2.39. The first kappa shape index (κ1) is 9.22. The van der Waals surface area contributed by atoms with E-state index in [2.05, 4.69) is 24.0 Å². The molecule has 1 aromatic carbocycles. The minimum Gasteiger partial charge on any atom is -0.399 e. The second-order valence-electron chi connectivity index (χ2n) is 5.16. The van der Waals surface area contributed by atoms with Crippen LogP contribution in [-0.2, 0) is 13.1 Å². The van der Waals surface area contributed by atoms with Crippen molar-refractivity contribution in [1.29, 1.82) is 0 Å². The summed E-state index contributed by atoms with van der Waals surface area (Å²) in [5.74, 6) is 0.934. The van der Waals surface area contributed by atoms with Crippen molar-refractivity contribution >= 4 is 5.69 Å². The van der Waals surface area contributed by atoms with Crippen molar-refractivity contribution in [2.75, 3.05) is 5.73 Å². The Morgan fingerprint density at radius 1 is 1.20 bits per heavy atom. The summed E-state index contributed by atoms with van der Waals surface area (Å²) in [7, 11) is 0. The molecule has 1 saturated carbocycles. The summed E-state index contributed by atoms with van der Waals surface area (Å²) in [4.78, 5) is 2.60. The van der Waals surface area contributed by atoms with Gasteiger partial charge >= 0.3 is 0 Å². The molecule has 15 heavy (non-hydrogen) atoms. The lowest BCUT2D eigenvalue weighted by Crippen LogP contribution is -2.40. The summed E-state index contributed by atoms with van der Waals surface area (Å²) in [6.07, 6.45) is 2.76. The fraction of sp³-hybridized carbons (Fsp3) is 0.538. The first-order valence-corrected chi connectivity index (χ1v) is 5.83. The van der Waals surface area contributed by atoms with Crippen molar-refractivity contribution in [3.63, 3.8) is 0 Å². The SMILES string of the molecule is CC1CC(N2Cc3ccc(N)cc3C2)C1. The average Bonchev–Trinajstić information content (AvgIpc) is 2.55. The van der Waals surface area contributed by atoms with Crippen molar-refractivity contribution < 1.29 is 0 Å². The average molecular weight is 202 g/mol. The molecule has 0 bridgehead atoms. The van der Waals surface area contributed by atoms with E-state index < -0.39 is 0 Å². The summed E-state index contributed by atoms with van der Waals surface area (Å²) in [6, 6.07) is 7.17. The third-order valence-corrected chi connectivity index (χ3v) is 3.84. The number of fused-ring (bicyclic) bond motifs is 1. The van der Waals surface area contributed by atoms with Gasteiger partial charge in [-0.2, -0.15) is 0 Å². The summed E-state index contributed by atoms with van der Waals surface area (Å²) in [5, 5.41) is 0. The minimum absolute atomic E-state index is 0.827. The highest BCUT2D eigenvalue weighted by atomic mass is 15.2. The van der Waals surface area contributed by atoms with E-state index in [1.807, 2.05) is 6.07 Å². The first-order chi connectivity index (χ1) is 7.22. The number of nitrogens with zero attached hydrogens (tertiary/aromatic N) is 1. The van der Waals surface area contributed by atoms with Crippen molar-refractivity contribution in [3.8, 4) is 0 Å². The van der Waals surface area contributed by atoms with Gasteiger partial charge in [0.25, 0.3) is 0 Å². The van der Waals surface area contributed by atoms with E-state index in [1.165, 1.54) is 24.0 Å². The maximum atomic E-state index is 5.80. The molecule has 2 heteroatoms. The summed E-state index contributed by atoms with van der Waals surface area (Å²) in [5.41, 5.74) is 9.62. The van der Waals surface area contributed by atoms with Crippen LogP contribution in [0.15, 0.2) is 18.2 Å². The predicted octanol–water partition coefficient (Wildman–Crippen LogP) is 2.38. The highest BCUT2D eigenvalue weighted by Crippen LogP contribution is 2.36. The summed E-state index contributed by atoms with van der Waals surface area (Å²) in [6.45, 7) is 4.59. The minimum atomic E-state index is 0.827. The quantitative estimate of drug-likeness (QED) is 0.708. The molecule has 0 radical (unpaired) electrons. The van der Waals surface area contributed by atoms with E-state index in [0.29, 0.717) is 0 Å². The Morgan fingerprint density at radius 2 is 1.93 bits per heavy atom. The van der Waals surface area contributed by atoms with Crippen LogP contribution in [0.2, 0.25) is 0 Å². The van der Waals surface area contributed by atoms with E-state index in [4.69, 9.17) is 5.73 Å². The van der Waals surface area contributed by atoms with Crippen molar-refractivity contribution in [2.24, 2.45) is 5.92 Å². The van der Waals surface area contributed by atoms with Crippen LogP contribution >= 0.6 is 0 Å². The summed E-state index contributed by atoms with van der Waals surface area (Å²) < 4.78 is 0. The zero-order chi connectivity index (χ0) is 10.4. The van der Waals surface area contributed by atoms with Gasteiger partial charge in [-0.05, 0) is 42.0 Å². The Hall–Kier alpha value is -1.02. The second kappa shape index (κ2) is 3.24. The molecule has 0 unspecified atom stereocenters. The Balaban J connectivity index is 1.75. The highest BCUT2D eigenvalue weighted by molar-refractivity contribution is 5.46. The number of hydrogen-bond acceptors (Lipinski definition) is 2. The molecule has 1 heterocycles. The van der Waals surface area contributed by atoms with Gasteiger partial charge in [-0.3, -0.25) is 4.90 Å². The van der Waals surface area contributed by atoms with Gasteiger partial charge in [-0.1, -0.05) is 13.0 Å². The number of hydrogen-bond donors (Lipinski definition) is 1. The van der Waals surface area contributed by atoms with E-state index in [9.17, 15) is 0 Å². The maximum absolute atomic E-state index is 5.80. The zero-order valence-electron chi connectivity index (χ0n) is 9.24. The molecule has 0 amide bonds. The first-order valence-electron chi connectivity index (χ1n) is 5.83. The van der Waals surface area contributed by atoms with Gasteiger partial charge < -0.3 is 5.73 Å². The van der Waals surface area contributed by atoms with Crippen LogP contribution in [0, 0.1) is 5.92 Å². The molecule has 2 aliphatic rings. The van der Waals surface area contributed by atoms with Crippen molar-refractivity contribution in [2.45, 2.75) is 38.9 Å². The van der Waals surface area contributed by atoms with Crippen LogP contribution in [0.3, 0.4) is 0 Å². The largest absolute Gasteiger partial charge is 0.399 e. The Morgan fingerprint density at radius 3 is 2.67 bits per heavy atom. The third-order valence-electron chi connectivity index (χ3n) is 3.84. The zero-order valence-corrected chi connectivity index (χ0v) is 9.24. The smallest absolute Gasteiger partial charge is 0.0317 e. The fourth-order valence-electron chi connectivity index (χ4n) is 2.86. The van der Waals surface area contributed by atoms with Crippen LogP contribution < -0.4 is 5.73 Å². The molecule has 2 nitrogen and oxygen atoms in total. The molecule has 0 aromatic heterocycles. The molecular weight excluding hydrogens is 184 g/mol. The van der Waals surface area contributed by atoms with Crippen LogP contribution in [0.25, 0.3) is 0 Å². The summed E-state index contributed by atoms with van der Waals surface area (Å²) >= 11 is 0. The van der Waals surface area contributed by atoms with Gasteiger partial charge in [-0.15, -0.1) is 0 Å². The fourth-order valence-corrected chi connectivity index (χ4v) is 2.86. The van der Waals surface area contributed by atoms with E-state index >= 15 is 0 Å². The Labute approximate surface area is 91.1 Å². The van der Waals surface area contributed by atoms with Gasteiger partial charge in [0, 0.05) is 24.8 Å². The molecule has 1 aromatic rings. The van der Waals surface area contributed by atoms with Gasteiger partial charge in [-0.25, -0.2) is 0 Å². The molecule has 1 aliphatic heterocycles. The van der Waals surface area contributed by atoms with E-state index in [-0.39, 0.29) is 0 Å². The van der Waals surface area contributed by atoms with Gasteiger partial charge in [0.05, 0.1) is 0 Å². The monoisotopic (exact) mass is 202 g/mol. The number of nitrogens with two attached hydrogens (primary N) is 1. The second-order valence-corrected chi connectivity index (χ2v) is 5.16. The van der Waals surface area contributed by atoms with E-state index in [1.54, 1.807) is 0 Å². The number of nitrogen functional groups attached to an aromatic ring is 1.